The number of para-hydroxylation sites is 2. The van der Waals surface area contributed by atoms with Crippen LogP contribution in [0.25, 0.3) is 22.2 Å². The number of H-pyrrole nitrogens is 1. The van der Waals surface area contributed by atoms with E-state index in [1.807, 2.05) is 65.4 Å². The summed E-state index contributed by atoms with van der Waals surface area (Å²) >= 11 is 6.01. The first-order valence-electron chi connectivity index (χ1n) is 10.3. The highest BCUT2D eigenvalue weighted by Gasteiger charge is 2.23. The fourth-order valence-electron chi connectivity index (χ4n) is 4.39. The standard InChI is InChI=1S/C24H23ClN4O/c25-19-7-5-17(6-8-19)18-9-12-26-20(15-18)16-28-13-10-21(11-14-28)29-23-4-2-1-3-22(23)27-24(29)30/h1-9,12,15,21H,10-11,13-14,16H2,(H,27,30). The number of hydrogen-bond donors (Lipinski definition) is 1. The Labute approximate surface area is 179 Å². The molecule has 1 saturated heterocycles. The summed E-state index contributed by atoms with van der Waals surface area (Å²) in [5.41, 5.74) is 5.25. The zero-order valence-corrected chi connectivity index (χ0v) is 17.3. The molecule has 0 spiro atoms. The molecule has 1 fully saturated rings. The van der Waals surface area contributed by atoms with Crippen LogP contribution in [0.5, 0.6) is 0 Å². The first-order chi connectivity index (χ1) is 14.7. The van der Waals surface area contributed by atoms with Gasteiger partial charge in [0.1, 0.15) is 0 Å². The molecule has 1 aliphatic heterocycles. The summed E-state index contributed by atoms with van der Waals surface area (Å²) in [7, 11) is 0. The van der Waals surface area contributed by atoms with Crippen LogP contribution in [0.4, 0.5) is 0 Å². The fraction of sp³-hybridized carbons (Fsp3) is 0.250. The zero-order chi connectivity index (χ0) is 20.5. The largest absolute Gasteiger partial charge is 0.326 e. The Bertz CT molecular complexity index is 1220. The van der Waals surface area contributed by atoms with Crippen molar-refractivity contribution >= 4 is 22.6 Å². The van der Waals surface area contributed by atoms with Crippen molar-refractivity contribution in [2.75, 3.05) is 13.1 Å². The molecule has 0 bridgehead atoms. The van der Waals surface area contributed by atoms with E-state index in [1.165, 1.54) is 0 Å². The Balaban J connectivity index is 1.27. The van der Waals surface area contributed by atoms with E-state index in [0.717, 1.165) is 65.4 Å². The number of nitrogens with one attached hydrogen (secondary N) is 1. The Kier molecular flexibility index (Phi) is 5.15. The monoisotopic (exact) mass is 418 g/mol. The highest BCUT2D eigenvalue weighted by Crippen LogP contribution is 2.26. The first-order valence-corrected chi connectivity index (χ1v) is 10.7. The predicted molar refractivity (Wildman–Crippen MR) is 121 cm³/mol. The number of likely N-dealkylation sites (tertiary alicyclic amines) is 1. The summed E-state index contributed by atoms with van der Waals surface area (Å²) in [5, 5.41) is 0.741. The van der Waals surface area contributed by atoms with E-state index >= 15 is 0 Å². The molecular weight excluding hydrogens is 396 g/mol. The van der Waals surface area contributed by atoms with Crippen molar-refractivity contribution in [2.24, 2.45) is 0 Å². The van der Waals surface area contributed by atoms with Gasteiger partial charge in [0.25, 0.3) is 0 Å². The zero-order valence-electron chi connectivity index (χ0n) is 16.6. The number of halogens is 1. The van der Waals surface area contributed by atoms with E-state index in [9.17, 15) is 4.79 Å². The van der Waals surface area contributed by atoms with Gasteiger partial charge in [-0.2, -0.15) is 0 Å². The number of piperidine rings is 1. The molecule has 0 atom stereocenters. The van der Waals surface area contributed by atoms with Gasteiger partial charge in [0.05, 0.1) is 16.7 Å². The third kappa shape index (κ3) is 3.78. The molecular formula is C24H23ClN4O. The van der Waals surface area contributed by atoms with Crippen LogP contribution in [-0.4, -0.2) is 32.5 Å². The first kappa shape index (κ1) is 19.1. The van der Waals surface area contributed by atoms with Crippen LogP contribution in [0.3, 0.4) is 0 Å². The van der Waals surface area contributed by atoms with Crippen molar-refractivity contribution in [3.63, 3.8) is 0 Å². The average Bonchev–Trinajstić information content (AvgIpc) is 3.11. The molecule has 30 heavy (non-hydrogen) atoms. The number of nitrogens with zero attached hydrogens (tertiary/aromatic N) is 3. The Morgan fingerprint density at radius 1 is 1.00 bits per heavy atom. The molecule has 1 aliphatic rings. The van der Waals surface area contributed by atoms with E-state index in [-0.39, 0.29) is 11.7 Å². The van der Waals surface area contributed by atoms with E-state index in [1.54, 1.807) is 0 Å². The van der Waals surface area contributed by atoms with E-state index in [2.05, 4.69) is 20.9 Å². The lowest BCUT2D eigenvalue weighted by molar-refractivity contribution is 0.178. The number of benzene rings is 2. The number of aromatic nitrogens is 3. The van der Waals surface area contributed by atoms with E-state index in [0.29, 0.717) is 0 Å². The predicted octanol–water partition coefficient (Wildman–Crippen LogP) is 4.88. The maximum absolute atomic E-state index is 12.5. The fourth-order valence-corrected chi connectivity index (χ4v) is 4.51. The van der Waals surface area contributed by atoms with Gasteiger partial charge in [0, 0.05) is 36.9 Å². The van der Waals surface area contributed by atoms with Gasteiger partial charge in [-0.05, 0) is 60.4 Å². The molecule has 3 heterocycles. The van der Waals surface area contributed by atoms with Gasteiger partial charge in [-0.15, -0.1) is 0 Å². The molecule has 152 valence electrons. The molecule has 1 N–H and O–H groups in total. The van der Waals surface area contributed by atoms with Crippen LogP contribution < -0.4 is 5.69 Å². The number of pyridine rings is 1. The molecule has 4 aromatic rings. The summed E-state index contributed by atoms with van der Waals surface area (Å²) in [5.74, 6) is 0. The lowest BCUT2D eigenvalue weighted by Gasteiger charge is -2.32. The third-order valence-corrected chi connectivity index (χ3v) is 6.18. The van der Waals surface area contributed by atoms with Crippen LogP contribution in [-0.2, 0) is 6.54 Å². The number of imidazole rings is 1. The minimum Gasteiger partial charge on any atom is -0.306 e. The molecule has 0 saturated carbocycles. The van der Waals surface area contributed by atoms with Gasteiger partial charge in [-0.1, -0.05) is 35.9 Å². The van der Waals surface area contributed by atoms with Gasteiger partial charge in [-0.3, -0.25) is 14.5 Å². The Hall–Kier alpha value is -2.89. The van der Waals surface area contributed by atoms with Crippen molar-refractivity contribution in [3.05, 3.63) is 88.1 Å². The second-order valence-corrected chi connectivity index (χ2v) is 8.30. The van der Waals surface area contributed by atoms with Crippen molar-refractivity contribution in [1.29, 1.82) is 0 Å². The summed E-state index contributed by atoms with van der Waals surface area (Å²) in [6, 6.07) is 20.2. The quantitative estimate of drug-likeness (QED) is 0.513. The normalized spacial score (nSPS) is 15.6. The van der Waals surface area contributed by atoms with Crippen LogP contribution in [0, 0.1) is 0 Å². The van der Waals surface area contributed by atoms with E-state index in [4.69, 9.17) is 11.6 Å². The Morgan fingerprint density at radius 2 is 1.77 bits per heavy atom. The van der Waals surface area contributed by atoms with Crippen molar-refractivity contribution in [3.8, 4) is 11.1 Å². The Morgan fingerprint density at radius 3 is 2.57 bits per heavy atom. The SMILES string of the molecule is O=c1[nH]c2ccccc2n1C1CCN(Cc2cc(-c3ccc(Cl)cc3)ccn2)CC1. The summed E-state index contributed by atoms with van der Waals surface area (Å²) in [6.45, 7) is 2.71. The average molecular weight is 419 g/mol. The maximum Gasteiger partial charge on any atom is 0.326 e. The molecule has 5 rings (SSSR count). The van der Waals surface area contributed by atoms with Crippen LogP contribution >= 0.6 is 11.6 Å². The number of rotatable bonds is 4. The van der Waals surface area contributed by atoms with Crippen LogP contribution in [0.15, 0.2) is 71.7 Å². The maximum atomic E-state index is 12.5. The third-order valence-electron chi connectivity index (χ3n) is 5.93. The van der Waals surface area contributed by atoms with Gasteiger partial charge in [0.2, 0.25) is 0 Å². The molecule has 0 amide bonds. The molecule has 5 nitrogen and oxygen atoms in total. The van der Waals surface area contributed by atoms with Crippen LogP contribution in [0.1, 0.15) is 24.6 Å². The summed E-state index contributed by atoms with van der Waals surface area (Å²) in [6.07, 6.45) is 3.79. The minimum absolute atomic E-state index is 0.00742. The highest BCUT2D eigenvalue weighted by atomic mass is 35.5. The second kappa shape index (κ2) is 8.09. The van der Waals surface area contributed by atoms with Gasteiger partial charge < -0.3 is 4.98 Å². The number of aromatic amines is 1. The molecule has 6 heteroatoms. The second-order valence-electron chi connectivity index (χ2n) is 7.87. The topological polar surface area (TPSA) is 53.9 Å². The molecule has 2 aromatic carbocycles. The smallest absolute Gasteiger partial charge is 0.306 e. The van der Waals surface area contributed by atoms with Gasteiger partial charge in [0.15, 0.2) is 0 Å². The van der Waals surface area contributed by atoms with E-state index < -0.39 is 0 Å². The minimum atomic E-state index is -0.00742. The van der Waals surface area contributed by atoms with Crippen molar-refractivity contribution < 1.29 is 0 Å². The lowest BCUT2D eigenvalue weighted by Crippen LogP contribution is -2.36. The molecule has 0 unspecified atom stereocenters. The molecule has 0 radical (unpaired) electrons. The highest BCUT2D eigenvalue weighted by molar-refractivity contribution is 6.30. The number of hydrogen-bond acceptors (Lipinski definition) is 3. The summed E-state index contributed by atoms with van der Waals surface area (Å²) in [4.78, 5) is 22.4. The van der Waals surface area contributed by atoms with Crippen LogP contribution in [0.2, 0.25) is 5.02 Å². The lowest BCUT2D eigenvalue weighted by atomic mass is 10.0. The summed E-state index contributed by atoms with van der Waals surface area (Å²) < 4.78 is 1.94. The number of fused-ring (bicyclic) bond motifs is 1. The molecule has 0 aliphatic carbocycles. The molecule has 2 aromatic heterocycles. The van der Waals surface area contributed by atoms with Gasteiger partial charge in [-0.25, -0.2) is 4.79 Å². The van der Waals surface area contributed by atoms with Crippen molar-refractivity contribution in [2.45, 2.75) is 25.4 Å². The van der Waals surface area contributed by atoms with Crippen molar-refractivity contribution in [1.82, 2.24) is 19.4 Å². The van der Waals surface area contributed by atoms with Gasteiger partial charge >= 0.3 is 5.69 Å².